The van der Waals surface area contributed by atoms with Crippen LogP contribution in [0.25, 0.3) is 5.52 Å². The molecule has 3 rings (SSSR count). The summed E-state index contributed by atoms with van der Waals surface area (Å²) in [6, 6.07) is 0. The third kappa shape index (κ3) is 2.20. The summed E-state index contributed by atoms with van der Waals surface area (Å²) in [7, 11) is 1.44. The first-order valence-corrected chi connectivity index (χ1v) is 6.89. The van der Waals surface area contributed by atoms with Gasteiger partial charge in [0.2, 0.25) is 5.95 Å². The van der Waals surface area contributed by atoms with Crippen LogP contribution in [-0.4, -0.2) is 40.5 Å². The van der Waals surface area contributed by atoms with Crippen LogP contribution in [-0.2, 0) is 9.53 Å². The Bertz CT molecular complexity index is 634. The van der Waals surface area contributed by atoms with Crippen molar-refractivity contribution >= 4 is 29.0 Å². The number of imidazole rings is 1. The number of rotatable bonds is 2. The van der Waals surface area contributed by atoms with E-state index >= 15 is 0 Å². The van der Waals surface area contributed by atoms with Gasteiger partial charge in [0.25, 0.3) is 0 Å². The van der Waals surface area contributed by atoms with Gasteiger partial charge in [0.15, 0.2) is 5.15 Å². The zero-order valence-corrected chi connectivity index (χ0v) is 11.9. The minimum Gasteiger partial charge on any atom is -0.469 e. The highest BCUT2D eigenvalue weighted by Gasteiger charge is 2.27. The van der Waals surface area contributed by atoms with Crippen molar-refractivity contribution in [2.75, 3.05) is 25.1 Å². The van der Waals surface area contributed by atoms with Crippen LogP contribution in [0.1, 0.15) is 12.8 Å². The molecule has 0 amide bonds. The van der Waals surface area contributed by atoms with Gasteiger partial charge in [0.05, 0.1) is 19.2 Å². The number of fused-ring (bicyclic) bond motifs is 1. The summed E-state index contributed by atoms with van der Waals surface area (Å²) in [5.41, 5.74) is 0.791. The van der Waals surface area contributed by atoms with E-state index in [4.69, 9.17) is 16.3 Å². The van der Waals surface area contributed by atoms with Gasteiger partial charge in [-0.3, -0.25) is 9.20 Å². The lowest BCUT2D eigenvalue weighted by Crippen LogP contribution is -2.37. The SMILES string of the molecule is COC(=O)C1CCN(c2ncc3c(Cl)nccn23)CC1. The molecule has 2 aromatic rings. The lowest BCUT2D eigenvalue weighted by molar-refractivity contribution is -0.146. The minimum atomic E-state index is -0.120. The van der Waals surface area contributed by atoms with Crippen LogP contribution < -0.4 is 4.90 Å². The van der Waals surface area contributed by atoms with E-state index in [-0.39, 0.29) is 11.9 Å². The molecule has 1 aliphatic heterocycles. The predicted octanol–water partition coefficient (Wildman–Crippen LogP) is 1.77. The molecule has 0 bridgehead atoms. The van der Waals surface area contributed by atoms with E-state index < -0.39 is 0 Å². The number of methoxy groups -OCH3 is 1. The number of hydrogen-bond acceptors (Lipinski definition) is 5. The van der Waals surface area contributed by atoms with Crippen LogP contribution in [0.3, 0.4) is 0 Å². The molecule has 0 unspecified atom stereocenters. The highest BCUT2D eigenvalue weighted by Crippen LogP contribution is 2.25. The van der Waals surface area contributed by atoms with Crippen LogP contribution in [0, 0.1) is 5.92 Å². The first-order valence-electron chi connectivity index (χ1n) is 6.51. The van der Waals surface area contributed by atoms with Gasteiger partial charge in [0, 0.05) is 25.5 Å². The van der Waals surface area contributed by atoms with Gasteiger partial charge in [-0.15, -0.1) is 0 Å². The number of anilines is 1. The zero-order valence-electron chi connectivity index (χ0n) is 11.1. The van der Waals surface area contributed by atoms with Gasteiger partial charge in [-0.25, -0.2) is 9.97 Å². The molecule has 6 nitrogen and oxygen atoms in total. The molecule has 7 heteroatoms. The van der Waals surface area contributed by atoms with Gasteiger partial charge in [-0.1, -0.05) is 11.6 Å². The van der Waals surface area contributed by atoms with Crippen molar-refractivity contribution in [1.29, 1.82) is 0 Å². The highest BCUT2D eigenvalue weighted by atomic mass is 35.5. The summed E-state index contributed by atoms with van der Waals surface area (Å²) in [4.78, 5) is 22.1. The summed E-state index contributed by atoms with van der Waals surface area (Å²) in [5, 5.41) is 0.440. The fourth-order valence-electron chi connectivity index (χ4n) is 2.60. The smallest absolute Gasteiger partial charge is 0.308 e. The maximum atomic E-state index is 11.5. The number of hydrogen-bond donors (Lipinski definition) is 0. The normalized spacial score (nSPS) is 16.6. The van der Waals surface area contributed by atoms with Crippen molar-refractivity contribution in [1.82, 2.24) is 14.4 Å². The van der Waals surface area contributed by atoms with Crippen molar-refractivity contribution in [3.63, 3.8) is 0 Å². The lowest BCUT2D eigenvalue weighted by Gasteiger charge is -2.30. The van der Waals surface area contributed by atoms with Crippen molar-refractivity contribution in [3.05, 3.63) is 23.7 Å². The first-order chi connectivity index (χ1) is 9.70. The number of aromatic nitrogens is 3. The molecule has 1 aliphatic rings. The number of carbonyl (C=O) groups is 1. The van der Waals surface area contributed by atoms with E-state index in [0.717, 1.165) is 37.4 Å². The zero-order chi connectivity index (χ0) is 14.1. The van der Waals surface area contributed by atoms with Crippen molar-refractivity contribution in [3.8, 4) is 0 Å². The summed E-state index contributed by atoms with van der Waals surface area (Å²) in [5.74, 6) is 0.713. The van der Waals surface area contributed by atoms with Crippen LogP contribution >= 0.6 is 11.6 Å². The van der Waals surface area contributed by atoms with E-state index in [1.807, 2.05) is 10.6 Å². The molecular formula is C13H15ClN4O2. The van der Waals surface area contributed by atoms with Gasteiger partial charge in [-0.2, -0.15) is 0 Å². The maximum Gasteiger partial charge on any atom is 0.308 e. The van der Waals surface area contributed by atoms with Crippen molar-refractivity contribution in [2.45, 2.75) is 12.8 Å². The molecule has 0 aliphatic carbocycles. The molecule has 0 aromatic carbocycles. The third-order valence-electron chi connectivity index (χ3n) is 3.70. The van der Waals surface area contributed by atoms with E-state index in [2.05, 4.69) is 14.9 Å². The average Bonchev–Trinajstić information content (AvgIpc) is 2.92. The molecule has 0 spiro atoms. The van der Waals surface area contributed by atoms with Crippen molar-refractivity contribution < 1.29 is 9.53 Å². The molecule has 2 aromatic heterocycles. The number of ether oxygens (including phenoxy) is 1. The number of halogens is 1. The Labute approximate surface area is 121 Å². The second-order valence-corrected chi connectivity index (χ2v) is 5.17. The molecule has 1 saturated heterocycles. The van der Waals surface area contributed by atoms with E-state index in [1.165, 1.54) is 7.11 Å². The summed E-state index contributed by atoms with van der Waals surface area (Å²) in [6.45, 7) is 1.55. The Hall–Kier alpha value is -1.82. The second kappa shape index (κ2) is 5.28. The van der Waals surface area contributed by atoms with Gasteiger partial charge in [-0.05, 0) is 12.8 Å². The molecule has 0 atom stereocenters. The second-order valence-electron chi connectivity index (χ2n) is 4.82. The van der Waals surface area contributed by atoms with Gasteiger partial charge >= 0.3 is 5.97 Å². The largest absolute Gasteiger partial charge is 0.469 e. The fraction of sp³-hybridized carbons (Fsp3) is 0.462. The average molecular weight is 295 g/mol. The van der Waals surface area contributed by atoms with Crippen LogP contribution in [0.2, 0.25) is 5.15 Å². The molecule has 0 saturated carbocycles. The molecule has 0 radical (unpaired) electrons. The molecule has 20 heavy (non-hydrogen) atoms. The first kappa shape index (κ1) is 13.2. The van der Waals surface area contributed by atoms with Gasteiger partial charge in [0.1, 0.15) is 5.52 Å². The molecule has 0 N–H and O–H groups in total. The molecule has 1 fully saturated rings. The van der Waals surface area contributed by atoms with Crippen LogP contribution in [0.5, 0.6) is 0 Å². The Morgan fingerprint density at radius 1 is 1.40 bits per heavy atom. The van der Waals surface area contributed by atoms with Gasteiger partial charge < -0.3 is 9.64 Å². The molecule has 106 valence electrons. The van der Waals surface area contributed by atoms with E-state index in [9.17, 15) is 4.79 Å². The standard InChI is InChI=1S/C13H15ClN4O2/c1-20-12(19)9-2-5-17(6-3-9)13-16-8-10-11(14)15-4-7-18(10)13/h4,7-9H,2-3,5-6H2,1H3. The lowest BCUT2D eigenvalue weighted by atomic mass is 9.97. The van der Waals surface area contributed by atoms with Crippen LogP contribution in [0.15, 0.2) is 18.6 Å². The topological polar surface area (TPSA) is 59.7 Å². The Morgan fingerprint density at radius 2 is 2.15 bits per heavy atom. The maximum absolute atomic E-state index is 11.5. The minimum absolute atomic E-state index is 0.00673. The predicted molar refractivity (Wildman–Crippen MR) is 75.0 cm³/mol. The number of piperidine rings is 1. The monoisotopic (exact) mass is 294 g/mol. The van der Waals surface area contributed by atoms with Crippen LogP contribution in [0.4, 0.5) is 5.95 Å². The van der Waals surface area contributed by atoms with E-state index in [0.29, 0.717) is 5.15 Å². The Balaban J connectivity index is 1.80. The highest BCUT2D eigenvalue weighted by molar-refractivity contribution is 6.32. The number of nitrogens with zero attached hydrogens (tertiary/aromatic N) is 4. The fourth-order valence-corrected chi connectivity index (χ4v) is 2.79. The van der Waals surface area contributed by atoms with Crippen molar-refractivity contribution in [2.24, 2.45) is 5.92 Å². The number of carbonyl (C=O) groups excluding carboxylic acids is 1. The molecule has 3 heterocycles. The molecular weight excluding hydrogens is 280 g/mol. The summed E-state index contributed by atoms with van der Waals surface area (Å²) < 4.78 is 6.72. The quantitative estimate of drug-likeness (QED) is 0.790. The Morgan fingerprint density at radius 3 is 2.85 bits per heavy atom. The Kier molecular flexibility index (Phi) is 3.48. The summed E-state index contributed by atoms with van der Waals surface area (Å²) in [6.07, 6.45) is 6.77. The number of esters is 1. The van der Waals surface area contributed by atoms with E-state index in [1.54, 1.807) is 12.4 Å². The summed E-state index contributed by atoms with van der Waals surface area (Å²) >= 11 is 6.04. The third-order valence-corrected chi connectivity index (χ3v) is 4.00.